The topological polar surface area (TPSA) is 55.5 Å². The van der Waals surface area contributed by atoms with E-state index in [2.05, 4.69) is 6.07 Å². The third kappa shape index (κ3) is 4.52. The van der Waals surface area contributed by atoms with Crippen molar-refractivity contribution in [3.63, 3.8) is 0 Å². The first-order valence-electron chi connectivity index (χ1n) is 6.33. The zero-order valence-electron chi connectivity index (χ0n) is 11.2. The van der Waals surface area contributed by atoms with Crippen LogP contribution in [0.15, 0.2) is 29.2 Å². The van der Waals surface area contributed by atoms with Crippen LogP contribution < -0.4 is 10.5 Å². The molecule has 0 bridgehead atoms. The van der Waals surface area contributed by atoms with Gasteiger partial charge in [0.2, 0.25) is 0 Å². The number of rotatable bonds is 8. The molecule has 1 atom stereocenters. The molecule has 0 amide bonds. The summed E-state index contributed by atoms with van der Waals surface area (Å²) in [6.45, 7) is 2.31. The van der Waals surface area contributed by atoms with Gasteiger partial charge in [-0.3, -0.25) is 0 Å². The summed E-state index contributed by atoms with van der Waals surface area (Å²) in [6.07, 6.45) is 2.41. The van der Waals surface area contributed by atoms with Crippen LogP contribution >= 0.6 is 11.8 Å². The van der Waals surface area contributed by atoms with Crippen LogP contribution in [0, 0.1) is 0 Å². The second kappa shape index (κ2) is 7.67. The summed E-state index contributed by atoms with van der Waals surface area (Å²) < 4.78 is 5.30. The Kier molecular flexibility index (Phi) is 6.54. The van der Waals surface area contributed by atoms with Gasteiger partial charge in [0.1, 0.15) is 5.75 Å². The van der Waals surface area contributed by atoms with Gasteiger partial charge in [-0.1, -0.05) is 19.1 Å². The monoisotopic (exact) mass is 269 g/mol. The maximum atomic E-state index is 10.1. The molecule has 0 heterocycles. The van der Waals surface area contributed by atoms with Crippen LogP contribution in [0.5, 0.6) is 5.75 Å². The van der Waals surface area contributed by atoms with E-state index in [4.69, 9.17) is 10.5 Å². The number of nitrogens with two attached hydrogens (primary N) is 1. The summed E-state index contributed by atoms with van der Waals surface area (Å²) in [5.41, 5.74) is 4.89. The molecule has 0 aliphatic rings. The second-order valence-electron chi connectivity index (χ2n) is 4.38. The highest BCUT2D eigenvalue weighted by molar-refractivity contribution is 7.99. The fourth-order valence-corrected chi connectivity index (χ4v) is 2.72. The van der Waals surface area contributed by atoms with Gasteiger partial charge in [-0.05, 0) is 37.1 Å². The van der Waals surface area contributed by atoms with E-state index in [1.165, 1.54) is 0 Å². The molecule has 0 aromatic heterocycles. The van der Waals surface area contributed by atoms with Crippen LogP contribution in [-0.4, -0.2) is 30.1 Å². The van der Waals surface area contributed by atoms with Crippen LogP contribution in [0.4, 0.5) is 0 Å². The van der Waals surface area contributed by atoms with E-state index in [9.17, 15) is 5.11 Å². The summed E-state index contributed by atoms with van der Waals surface area (Å²) in [7, 11) is 1.68. The number of hydrogen-bond acceptors (Lipinski definition) is 4. The lowest BCUT2D eigenvalue weighted by Crippen LogP contribution is -2.36. The van der Waals surface area contributed by atoms with E-state index in [0.29, 0.717) is 13.0 Å². The minimum Gasteiger partial charge on any atom is -0.496 e. The Morgan fingerprint density at radius 3 is 2.72 bits per heavy atom. The molecule has 4 heteroatoms. The third-order valence-electron chi connectivity index (χ3n) is 3.15. The van der Waals surface area contributed by atoms with Gasteiger partial charge in [0.15, 0.2) is 0 Å². The van der Waals surface area contributed by atoms with Crippen LogP contribution in [0.2, 0.25) is 0 Å². The van der Waals surface area contributed by atoms with Gasteiger partial charge < -0.3 is 15.6 Å². The molecule has 1 aromatic carbocycles. The van der Waals surface area contributed by atoms with Gasteiger partial charge in [-0.15, -0.1) is 11.8 Å². The third-order valence-corrected chi connectivity index (χ3v) is 4.29. The van der Waals surface area contributed by atoms with Crippen LogP contribution in [0.1, 0.15) is 26.2 Å². The maximum absolute atomic E-state index is 10.1. The van der Waals surface area contributed by atoms with Crippen molar-refractivity contribution >= 4 is 11.8 Å². The van der Waals surface area contributed by atoms with Gasteiger partial charge in [0, 0.05) is 11.4 Å². The second-order valence-corrected chi connectivity index (χ2v) is 5.52. The average Bonchev–Trinajstić information content (AvgIpc) is 2.43. The van der Waals surface area contributed by atoms with Crippen molar-refractivity contribution in [3.8, 4) is 5.75 Å². The fraction of sp³-hybridized carbons (Fsp3) is 0.571. The van der Waals surface area contributed by atoms with E-state index in [-0.39, 0.29) is 0 Å². The smallest absolute Gasteiger partial charge is 0.132 e. The highest BCUT2D eigenvalue weighted by atomic mass is 32.2. The first-order valence-corrected chi connectivity index (χ1v) is 7.32. The normalized spacial score (nSPS) is 14.2. The molecule has 0 aliphatic carbocycles. The van der Waals surface area contributed by atoms with E-state index >= 15 is 0 Å². The average molecular weight is 269 g/mol. The van der Waals surface area contributed by atoms with Gasteiger partial charge >= 0.3 is 0 Å². The summed E-state index contributed by atoms with van der Waals surface area (Å²) in [5, 5.41) is 10.1. The molecule has 3 nitrogen and oxygen atoms in total. The van der Waals surface area contributed by atoms with Gasteiger partial charge in [-0.2, -0.15) is 0 Å². The molecule has 0 fully saturated rings. The number of hydrogen-bond donors (Lipinski definition) is 2. The van der Waals surface area contributed by atoms with Crippen LogP contribution in [0.3, 0.4) is 0 Å². The number of thioether (sulfide) groups is 1. The van der Waals surface area contributed by atoms with E-state index in [1.807, 2.05) is 25.1 Å². The molecule has 0 saturated carbocycles. The molecule has 0 radical (unpaired) electrons. The van der Waals surface area contributed by atoms with Gasteiger partial charge in [0.05, 0.1) is 12.7 Å². The Bertz CT molecular complexity index is 353. The largest absolute Gasteiger partial charge is 0.496 e. The lowest BCUT2D eigenvalue weighted by molar-refractivity contribution is 0.0360. The Morgan fingerprint density at radius 1 is 1.39 bits per heavy atom. The molecular weight excluding hydrogens is 246 g/mol. The SMILES string of the molecule is CCC(O)(CN)CCCSc1ccccc1OC. The minimum atomic E-state index is -0.693. The zero-order chi connectivity index (χ0) is 13.4. The molecule has 0 aliphatic heterocycles. The first kappa shape index (κ1) is 15.3. The van der Waals surface area contributed by atoms with E-state index < -0.39 is 5.60 Å². The predicted molar refractivity (Wildman–Crippen MR) is 77.2 cm³/mol. The van der Waals surface area contributed by atoms with Crippen molar-refractivity contribution in [2.45, 2.75) is 36.7 Å². The quantitative estimate of drug-likeness (QED) is 0.563. The summed E-state index contributed by atoms with van der Waals surface area (Å²) in [4.78, 5) is 1.15. The molecule has 0 saturated heterocycles. The Balaban J connectivity index is 2.38. The lowest BCUT2D eigenvalue weighted by Gasteiger charge is -2.24. The number of benzene rings is 1. The molecule has 1 aromatic rings. The van der Waals surface area contributed by atoms with Crippen LogP contribution in [0.25, 0.3) is 0 Å². The van der Waals surface area contributed by atoms with Crippen molar-refractivity contribution < 1.29 is 9.84 Å². The first-order chi connectivity index (χ1) is 8.65. The number of ether oxygens (including phenoxy) is 1. The van der Waals surface area contributed by atoms with Gasteiger partial charge in [0.25, 0.3) is 0 Å². The Labute approximate surface area is 114 Å². The standard InChI is InChI=1S/C14H23NO2S/c1-3-14(16,11-15)9-6-10-18-13-8-5-4-7-12(13)17-2/h4-5,7-8,16H,3,6,9-11,15H2,1-2H3. The Morgan fingerprint density at radius 2 is 2.11 bits per heavy atom. The molecule has 1 rings (SSSR count). The molecule has 18 heavy (non-hydrogen) atoms. The van der Waals surface area contributed by atoms with Crippen molar-refractivity contribution in [1.82, 2.24) is 0 Å². The van der Waals surface area contributed by atoms with Gasteiger partial charge in [-0.25, -0.2) is 0 Å². The molecular formula is C14H23NO2S. The van der Waals surface area contributed by atoms with Crippen LogP contribution in [-0.2, 0) is 0 Å². The molecule has 102 valence electrons. The zero-order valence-corrected chi connectivity index (χ0v) is 12.0. The highest BCUT2D eigenvalue weighted by Crippen LogP contribution is 2.30. The lowest BCUT2D eigenvalue weighted by atomic mass is 9.95. The number of para-hydroxylation sites is 1. The number of methoxy groups -OCH3 is 1. The minimum absolute atomic E-state index is 0.336. The summed E-state index contributed by atoms with van der Waals surface area (Å²) in [5.74, 6) is 1.87. The van der Waals surface area contributed by atoms with Crippen molar-refractivity contribution in [1.29, 1.82) is 0 Å². The molecule has 3 N–H and O–H groups in total. The highest BCUT2D eigenvalue weighted by Gasteiger charge is 2.21. The Hall–Kier alpha value is -0.710. The van der Waals surface area contributed by atoms with Crippen molar-refractivity contribution in [3.05, 3.63) is 24.3 Å². The van der Waals surface area contributed by atoms with Crippen molar-refractivity contribution in [2.24, 2.45) is 5.73 Å². The molecule has 1 unspecified atom stereocenters. The summed E-state index contributed by atoms with van der Waals surface area (Å²) in [6, 6.07) is 7.99. The number of aliphatic hydroxyl groups is 1. The predicted octanol–water partition coefficient (Wildman–Crippen LogP) is 2.67. The van der Waals surface area contributed by atoms with Crippen molar-refractivity contribution in [2.75, 3.05) is 19.4 Å². The van der Waals surface area contributed by atoms with E-state index in [1.54, 1.807) is 18.9 Å². The summed E-state index contributed by atoms with van der Waals surface area (Å²) >= 11 is 1.76. The maximum Gasteiger partial charge on any atom is 0.132 e. The molecule has 0 spiro atoms. The fourth-order valence-electron chi connectivity index (χ4n) is 1.74. The van der Waals surface area contributed by atoms with E-state index in [0.717, 1.165) is 29.2 Å².